The highest BCUT2D eigenvalue weighted by Gasteiger charge is 2.24. The van der Waals surface area contributed by atoms with Gasteiger partial charge in [-0.1, -0.05) is 45.3 Å². The number of aryl methyl sites for hydroxylation is 1. The second-order valence-corrected chi connectivity index (χ2v) is 22.7. The third-order valence-corrected chi connectivity index (χ3v) is 14.4. The van der Waals surface area contributed by atoms with Crippen LogP contribution in [0.15, 0.2) is 99.4 Å². The fourth-order valence-electron chi connectivity index (χ4n) is 6.29. The number of hydrogen-bond donors (Lipinski definition) is 7. The average Bonchev–Trinajstić information content (AvgIpc) is 3.95. The van der Waals surface area contributed by atoms with E-state index < -0.39 is 58.3 Å². The first kappa shape index (κ1) is 57.2. The van der Waals surface area contributed by atoms with Crippen molar-refractivity contribution in [3.8, 4) is 23.4 Å². The molecule has 74 heavy (non-hydrogen) atoms. The second kappa shape index (κ2) is 24.9. The summed E-state index contributed by atoms with van der Waals surface area (Å²) in [6.45, 7) is 2.88. The fourth-order valence-corrected chi connectivity index (χ4v) is 10.0. The van der Waals surface area contributed by atoms with Crippen molar-refractivity contribution in [2.24, 2.45) is 30.7 Å². The monoisotopic (exact) mass is 1160 g/mol. The van der Waals surface area contributed by atoms with Gasteiger partial charge in [0.05, 0.1) is 52.3 Å². The molecule has 7 aromatic rings. The molecule has 0 atom stereocenters. The molecule has 0 aliphatic carbocycles. The van der Waals surface area contributed by atoms with Crippen molar-refractivity contribution in [1.29, 1.82) is 5.26 Å². The molecule has 4 aromatic carbocycles. The molecule has 0 aliphatic rings. The number of fused-ring (bicyclic) bond motifs is 4. The number of benzene rings is 4. The average molecular weight is 1160 g/mol. The Kier molecular flexibility index (Phi) is 19.3. The Bertz CT molecular complexity index is 3710. The predicted molar refractivity (Wildman–Crippen MR) is 265 cm³/mol. The van der Waals surface area contributed by atoms with Gasteiger partial charge in [-0.2, -0.15) is 30.5 Å². The first-order valence-corrected chi connectivity index (χ1v) is 28.3. The highest BCUT2D eigenvalue weighted by atomic mass is 32.2. The minimum absolute atomic E-state index is 0.00175. The van der Waals surface area contributed by atoms with Crippen molar-refractivity contribution >= 4 is 139 Å². The van der Waals surface area contributed by atoms with E-state index in [4.69, 9.17) is 19.8 Å². The minimum atomic E-state index is -5.08. The molecule has 7 rings (SSSR count). The summed E-state index contributed by atoms with van der Waals surface area (Å²) in [4.78, 5) is 3.54. The Morgan fingerprint density at radius 3 is 2.20 bits per heavy atom. The molecular formula is C38H35N11O18S7. The van der Waals surface area contributed by atoms with Gasteiger partial charge in [0, 0.05) is 40.6 Å². The highest BCUT2D eigenvalue weighted by molar-refractivity contribution is 8.02. The van der Waals surface area contributed by atoms with Gasteiger partial charge >= 0.3 is 0 Å². The molecule has 0 saturated carbocycles. The van der Waals surface area contributed by atoms with Crippen LogP contribution in [0.3, 0.4) is 0 Å². The van der Waals surface area contributed by atoms with Gasteiger partial charge in [0.1, 0.15) is 39.3 Å². The standard InChI is InChI=1S/C37H31N11O15S6.CH4O3S/c1-18-12-25(28(59-8-5-11-68(53,54)55)16-24(18)40-45-36-46-47-37(66-36)64-9-10-65-62-60-51)41-44-32-29(67-63-61-52)13-20-14-30(69(56,57)58)26(15-21(20)33(32)49)42-43-31-19(2)22(17-38)34-39-23-6-3-4-7-27(23)48(34)35(31)50;1-5(2,3)4/h3-4,6-7,12-16,49-52H,5,8-11H2,1-2H3,(H,53,54,55)(H,56,57,58);1H3,(H,2,3,4). The first-order chi connectivity index (χ1) is 35.0. The minimum Gasteiger partial charge on any atom is -0.505 e. The van der Waals surface area contributed by atoms with Gasteiger partial charge in [0.2, 0.25) is 5.88 Å². The predicted octanol–water partition coefficient (Wildman–Crippen LogP) is 9.64. The van der Waals surface area contributed by atoms with Crippen LogP contribution >= 0.6 is 47.2 Å². The number of para-hydroxylation sites is 2. The molecule has 7 N–H and O–H groups in total. The molecule has 0 fully saturated rings. The zero-order valence-corrected chi connectivity index (χ0v) is 43.3. The Labute approximate surface area is 434 Å². The van der Waals surface area contributed by atoms with Crippen molar-refractivity contribution in [1.82, 2.24) is 19.6 Å². The van der Waals surface area contributed by atoms with Gasteiger partial charge in [-0.15, -0.1) is 49.6 Å². The number of azo groups is 3. The van der Waals surface area contributed by atoms with Crippen LogP contribution in [0.5, 0.6) is 17.4 Å². The maximum atomic E-state index is 12.8. The molecule has 0 bridgehead atoms. The molecule has 3 heterocycles. The van der Waals surface area contributed by atoms with E-state index in [0.29, 0.717) is 50.7 Å². The van der Waals surface area contributed by atoms with Crippen LogP contribution in [0.2, 0.25) is 0 Å². The number of ether oxygens (including phenoxy) is 1. The van der Waals surface area contributed by atoms with E-state index in [-0.39, 0.29) is 79.1 Å². The smallest absolute Gasteiger partial charge is 0.296 e. The van der Waals surface area contributed by atoms with Crippen LogP contribution in [-0.2, 0) is 49.1 Å². The lowest BCUT2D eigenvalue weighted by Gasteiger charge is -2.13. The molecule has 0 spiro atoms. The number of aromatic hydroxyl groups is 2. The van der Waals surface area contributed by atoms with Crippen molar-refractivity contribution in [2.75, 3.05) is 30.1 Å². The highest BCUT2D eigenvalue weighted by Crippen LogP contribution is 2.48. The molecule has 29 nitrogen and oxygen atoms in total. The number of aromatic nitrogens is 4. The molecular weight excluding hydrogens is 1120 g/mol. The van der Waals surface area contributed by atoms with Gasteiger partial charge < -0.3 is 14.9 Å². The lowest BCUT2D eigenvalue weighted by Crippen LogP contribution is -2.08. The zero-order chi connectivity index (χ0) is 54.0. The summed E-state index contributed by atoms with van der Waals surface area (Å²) in [5, 5.41) is 91.0. The number of pyridine rings is 1. The van der Waals surface area contributed by atoms with Gasteiger partial charge in [0.15, 0.2) is 21.4 Å². The number of hydrogen-bond acceptors (Lipinski definition) is 29. The van der Waals surface area contributed by atoms with Crippen molar-refractivity contribution < 1.29 is 83.1 Å². The van der Waals surface area contributed by atoms with Gasteiger partial charge in [-0.25, -0.2) is 15.5 Å². The van der Waals surface area contributed by atoms with E-state index in [1.807, 2.05) is 6.07 Å². The Balaban J connectivity index is 0.00000170. The molecule has 392 valence electrons. The number of phenols is 1. The van der Waals surface area contributed by atoms with E-state index >= 15 is 0 Å². The van der Waals surface area contributed by atoms with Crippen LogP contribution in [0.25, 0.3) is 27.5 Å². The maximum Gasteiger partial charge on any atom is 0.296 e. The number of phenolic OH excluding ortho intramolecular Hbond substituents is 1. The van der Waals surface area contributed by atoms with Gasteiger partial charge in [0.25, 0.3) is 35.5 Å². The van der Waals surface area contributed by atoms with Crippen LogP contribution in [0, 0.1) is 25.2 Å². The van der Waals surface area contributed by atoms with Crippen LogP contribution in [-0.4, -0.2) is 109 Å². The molecule has 0 aliphatic heterocycles. The number of nitriles is 1. The molecule has 3 aromatic heterocycles. The molecule has 0 unspecified atom stereocenters. The molecule has 36 heteroatoms. The lowest BCUT2D eigenvalue weighted by atomic mass is 10.1. The Morgan fingerprint density at radius 1 is 0.824 bits per heavy atom. The Hall–Kier alpha value is -6.12. The number of imidazole rings is 1. The quantitative estimate of drug-likeness (QED) is 0.00669. The maximum absolute atomic E-state index is 12.8. The van der Waals surface area contributed by atoms with E-state index in [0.717, 1.165) is 35.5 Å². The topological polar surface area (TPSA) is 431 Å². The number of thioether (sulfide) groups is 1. The first-order valence-electron chi connectivity index (χ1n) is 20.0. The third kappa shape index (κ3) is 15.0. The summed E-state index contributed by atoms with van der Waals surface area (Å²) < 4.78 is 110. The molecule has 0 saturated heterocycles. The van der Waals surface area contributed by atoms with Crippen LogP contribution in [0.1, 0.15) is 23.1 Å². The number of nitrogens with zero attached hydrogens (tertiary/aromatic N) is 11. The largest absolute Gasteiger partial charge is 0.505 e. The van der Waals surface area contributed by atoms with E-state index in [1.54, 1.807) is 31.2 Å². The SMILES string of the molecule is CS(=O)(=O)O.Cc1cc(N=Nc2c(SOOO)cc3cc(S(=O)(=O)O)c(N=Nc4c(C)c(C#N)c5nc6ccccc6n5c4O)cc3c2O)c(OCCCS(=O)(=O)O)cc1N=Nc1nnc(SCCSOOO)s1. The molecule has 0 amide bonds. The van der Waals surface area contributed by atoms with Crippen LogP contribution in [0.4, 0.5) is 33.6 Å². The fraction of sp³-hybridized carbons (Fsp3) is 0.211. The van der Waals surface area contributed by atoms with E-state index in [2.05, 4.69) is 64.6 Å². The lowest BCUT2D eigenvalue weighted by molar-refractivity contribution is -0.432. The van der Waals surface area contributed by atoms with Crippen LogP contribution < -0.4 is 4.74 Å². The van der Waals surface area contributed by atoms with Crippen molar-refractivity contribution in [3.63, 3.8) is 0 Å². The summed E-state index contributed by atoms with van der Waals surface area (Å²) in [6, 6.07) is 14.9. The zero-order valence-electron chi connectivity index (χ0n) is 37.6. The summed E-state index contributed by atoms with van der Waals surface area (Å²) in [5.74, 6) is -0.811. The van der Waals surface area contributed by atoms with E-state index in [9.17, 15) is 49.8 Å². The van der Waals surface area contributed by atoms with E-state index in [1.165, 1.54) is 41.3 Å². The third-order valence-electron chi connectivity index (χ3n) is 9.32. The summed E-state index contributed by atoms with van der Waals surface area (Å²) in [5.41, 5.74) is 0.768. The Morgan fingerprint density at radius 2 is 1.51 bits per heavy atom. The second-order valence-electron chi connectivity index (χ2n) is 14.4. The molecule has 0 radical (unpaired) electrons. The summed E-state index contributed by atoms with van der Waals surface area (Å²) in [6.07, 6.45) is 0.569. The summed E-state index contributed by atoms with van der Waals surface area (Å²) >= 11 is 3.68. The van der Waals surface area contributed by atoms with Gasteiger partial charge in [-0.05, 0) is 67.6 Å². The normalized spacial score (nSPS) is 12.4. The van der Waals surface area contributed by atoms with Crippen molar-refractivity contribution in [2.45, 2.75) is 34.4 Å². The number of rotatable bonds is 21. The van der Waals surface area contributed by atoms with Crippen molar-refractivity contribution in [3.05, 3.63) is 71.3 Å². The van der Waals surface area contributed by atoms with Gasteiger partial charge in [-0.3, -0.25) is 18.1 Å². The summed E-state index contributed by atoms with van der Waals surface area (Å²) in [7, 11) is -13.1.